The molecule has 7 nitrogen and oxygen atoms in total. The Morgan fingerprint density at radius 2 is 1.65 bits per heavy atom. The lowest BCUT2D eigenvalue weighted by atomic mass is 10.1. The smallest absolute Gasteiger partial charge is 0.263 e. The highest BCUT2D eigenvalue weighted by Gasteiger charge is 2.15. The monoisotopic (exact) mass is 474 g/mol. The minimum absolute atomic E-state index is 0.191. The Balaban J connectivity index is 1.45. The largest absolute Gasteiger partial charge is 0.345 e. The van der Waals surface area contributed by atoms with Gasteiger partial charge < -0.3 is 10.6 Å². The molecule has 2 aromatic carbocycles. The van der Waals surface area contributed by atoms with Gasteiger partial charge in [-0.15, -0.1) is 11.3 Å². The molecule has 2 aromatic heterocycles. The maximum Gasteiger partial charge on any atom is 0.263 e. The van der Waals surface area contributed by atoms with Crippen molar-refractivity contribution in [1.29, 1.82) is 0 Å². The molecule has 0 fully saturated rings. The molecular weight excluding hydrogens is 448 g/mol. The van der Waals surface area contributed by atoms with Crippen LogP contribution in [0.15, 0.2) is 52.9 Å². The number of hydrogen-bond donors (Lipinski definition) is 2. The highest BCUT2D eigenvalue weighted by molar-refractivity contribution is 7.17. The number of hydrogen-bond acceptors (Lipinski definition) is 5. The minimum Gasteiger partial charge on any atom is -0.345 e. The molecule has 0 aliphatic rings. The molecule has 0 saturated carbocycles. The Bertz CT molecular complexity index is 1430. The van der Waals surface area contributed by atoms with Crippen LogP contribution in [0.3, 0.4) is 0 Å². The van der Waals surface area contributed by atoms with Crippen molar-refractivity contribution in [2.24, 2.45) is 0 Å². The van der Waals surface area contributed by atoms with E-state index in [9.17, 15) is 14.4 Å². The first-order valence-electron chi connectivity index (χ1n) is 10.9. The number of amides is 2. The molecule has 0 bridgehead atoms. The van der Waals surface area contributed by atoms with Gasteiger partial charge in [0.15, 0.2) is 0 Å². The van der Waals surface area contributed by atoms with Crippen molar-refractivity contribution < 1.29 is 9.59 Å². The Morgan fingerprint density at radius 3 is 2.32 bits per heavy atom. The molecule has 0 atom stereocenters. The molecule has 34 heavy (non-hydrogen) atoms. The SMILES string of the molecule is Cc1ccc(-c2csc3ncn(CC(=O)NCC(=O)Nc4c(C)cc(C)cc4C)c(=O)c23)cc1. The van der Waals surface area contributed by atoms with Crippen molar-refractivity contribution in [3.8, 4) is 11.1 Å². The van der Waals surface area contributed by atoms with Crippen LogP contribution in [0.2, 0.25) is 0 Å². The highest BCUT2D eigenvalue weighted by Crippen LogP contribution is 2.30. The second-order valence-electron chi connectivity index (χ2n) is 8.47. The van der Waals surface area contributed by atoms with Crippen LogP contribution >= 0.6 is 11.3 Å². The second kappa shape index (κ2) is 9.61. The van der Waals surface area contributed by atoms with Gasteiger partial charge in [-0.2, -0.15) is 0 Å². The molecule has 174 valence electrons. The molecule has 4 aromatic rings. The van der Waals surface area contributed by atoms with Gasteiger partial charge >= 0.3 is 0 Å². The van der Waals surface area contributed by atoms with Crippen molar-refractivity contribution in [3.63, 3.8) is 0 Å². The molecule has 0 spiro atoms. The molecule has 2 N–H and O–H groups in total. The number of rotatable bonds is 6. The van der Waals surface area contributed by atoms with E-state index in [1.54, 1.807) is 0 Å². The van der Waals surface area contributed by atoms with Crippen LogP contribution in [-0.2, 0) is 16.1 Å². The third-order valence-corrected chi connectivity index (χ3v) is 6.51. The number of fused-ring (bicyclic) bond motifs is 1. The number of carbonyl (C=O) groups excluding carboxylic acids is 2. The molecule has 0 aliphatic carbocycles. The number of aryl methyl sites for hydroxylation is 4. The number of aromatic nitrogens is 2. The Labute approximate surface area is 201 Å². The molecule has 4 rings (SSSR count). The van der Waals surface area contributed by atoms with Crippen molar-refractivity contribution in [1.82, 2.24) is 14.9 Å². The van der Waals surface area contributed by atoms with Crippen LogP contribution in [0.5, 0.6) is 0 Å². The van der Waals surface area contributed by atoms with E-state index in [2.05, 4.69) is 15.6 Å². The molecule has 0 unspecified atom stereocenters. The maximum absolute atomic E-state index is 13.1. The summed E-state index contributed by atoms with van der Waals surface area (Å²) < 4.78 is 1.27. The number of benzene rings is 2. The summed E-state index contributed by atoms with van der Waals surface area (Å²) in [5.41, 5.74) is 6.36. The van der Waals surface area contributed by atoms with Crippen LogP contribution in [-0.4, -0.2) is 27.9 Å². The summed E-state index contributed by atoms with van der Waals surface area (Å²) in [7, 11) is 0. The summed E-state index contributed by atoms with van der Waals surface area (Å²) in [6.07, 6.45) is 1.37. The van der Waals surface area contributed by atoms with E-state index in [1.165, 1.54) is 22.2 Å². The molecule has 8 heteroatoms. The van der Waals surface area contributed by atoms with Crippen LogP contribution in [0.25, 0.3) is 21.3 Å². The first-order chi connectivity index (χ1) is 16.2. The van der Waals surface area contributed by atoms with Crippen molar-refractivity contribution >= 4 is 39.1 Å². The highest BCUT2D eigenvalue weighted by atomic mass is 32.1. The van der Waals surface area contributed by atoms with Gasteiger partial charge in [0.1, 0.15) is 11.4 Å². The van der Waals surface area contributed by atoms with Crippen LogP contribution in [0, 0.1) is 27.7 Å². The van der Waals surface area contributed by atoms with Gasteiger partial charge in [-0.05, 0) is 44.4 Å². The summed E-state index contributed by atoms with van der Waals surface area (Å²) in [5, 5.41) is 7.84. The molecule has 2 amide bonds. The van der Waals surface area contributed by atoms with Gasteiger partial charge in [-0.1, -0.05) is 47.5 Å². The number of thiophene rings is 1. The lowest BCUT2D eigenvalue weighted by Crippen LogP contribution is -2.37. The zero-order valence-corrected chi connectivity index (χ0v) is 20.4. The summed E-state index contributed by atoms with van der Waals surface area (Å²) in [4.78, 5) is 43.0. The van der Waals surface area contributed by atoms with Crippen LogP contribution in [0.4, 0.5) is 5.69 Å². The molecule has 0 saturated heterocycles. The molecule has 0 aliphatic heterocycles. The first-order valence-corrected chi connectivity index (χ1v) is 11.8. The first kappa shape index (κ1) is 23.4. The summed E-state index contributed by atoms with van der Waals surface area (Å²) in [5.74, 6) is -0.772. The maximum atomic E-state index is 13.1. The second-order valence-corrected chi connectivity index (χ2v) is 9.33. The molecule has 0 radical (unpaired) electrons. The fraction of sp³-hybridized carbons (Fsp3) is 0.231. The average Bonchev–Trinajstić information content (AvgIpc) is 3.22. The Kier molecular flexibility index (Phi) is 6.61. The van der Waals surface area contributed by atoms with E-state index in [0.717, 1.165) is 39.1 Å². The van der Waals surface area contributed by atoms with E-state index in [4.69, 9.17) is 0 Å². The lowest BCUT2D eigenvalue weighted by molar-refractivity contribution is -0.124. The van der Waals surface area contributed by atoms with Gasteiger partial charge in [-0.3, -0.25) is 19.0 Å². The van der Waals surface area contributed by atoms with Crippen molar-refractivity contribution in [2.45, 2.75) is 34.2 Å². The summed E-state index contributed by atoms with van der Waals surface area (Å²) in [6.45, 7) is 7.45. The van der Waals surface area contributed by atoms with Crippen LogP contribution < -0.4 is 16.2 Å². The lowest BCUT2D eigenvalue weighted by Gasteiger charge is -2.13. The third-order valence-electron chi connectivity index (χ3n) is 5.62. The van der Waals surface area contributed by atoms with Gasteiger partial charge in [0.05, 0.1) is 18.3 Å². The van der Waals surface area contributed by atoms with E-state index in [0.29, 0.717) is 10.2 Å². The summed E-state index contributed by atoms with van der Waals surface area (Å²) >= 11 is 1.39. The zero-order chi connectivity index (χ0) is 24.4. The number of nitrogens with one attached hydrogen (secondary N) is 2. The van der Waals surface area contributed by atoms with Gasteiger partial charge in [-0.25, -0.2) is 4.98 Å². The van der Waals surface area contributed by atoms with E-state index in [-0.39, 0.29) is 24.6 Å². The topological polar surface area (TPSA) is 93.1 Å². The fourth-order valence-corrected chi connectivity index (χ4v) is 4.88. The normalized spacial score (nSPS) is 10.9. The van der Waals surface area contributed by atoms with E-state index >= 15 is 0 Å². The van der Waals surface area contributed by atoms with Crippen molar-refractivity contribution in [3.05, 3.63) is 80.7 Å². The minimum atomic E-state index is -0.442. The van der Waals surface area contributed by atoms with Crippen molar-refractivity contribution in [2.75, 3.05) is 11.9 Å². The fourth-order valence-electron chi connectivity index (χ4n) is 3.98. The van der Waals surface area contributed by atoms with Crippen LogP contribution in [0.1, 0.15) is 22.3 Å². The number of anilines is 1. The average molecular weight is 475 g/mol. The van der Waals surface area contributed by atoms with E-state index < -0.39 is 5.91 Å². The van der Waals surface area contributed by atoms with E-state index in [1.807, 2.05) is 69.5 Å². The number of carbonyl (C=O) groups is 2. The predicted molar refractivity (Wildman–Crippen MR) is 136 cm³/mol. The quantitative estimate of drug-likeness (QED) is 0.440. The predicted octanol–water partition coefficient (Wildman–Crippen LogP) is 4.11. The Hall–Kier alpha value is -3.78. The zero-order valence-electron chi connectivity index (χ0n) is 19.6. The molecular formula is C26H26N4O3S. The molecule has 2 heterocycles. The number of nitrogens with zero attached hydrogens (tertiary/aromatic N) is 2. The standard InChI is InChI=1S/C26H26N4O3S/c1-15-5-7-19(8-6-15)20-13-34-25-23(20)26(33)30(14-28-25)12-22(32)27-11-21(31)29-24-17(3)9-16(2)10-18(24)4/h5-10,13-14H,11-12H2,1-4H3,(H,27,32)(H,29,31). The van der Waals surface area contributed by atoms with Gasteiger partial charge in [0.25, 0.3) is 5.56 Å². The van der Waals surface area contributed by atoms with Gasteiger partial charge in [0, 0.05) is 16.6 Å². The van der Waals surface area contributed by atoms with Gasteiger partial charge in [0.2, 0.25) is 11.8 Å². The third kappa shape index (κ3) is 4.92. The summed E-state index contributed by atoms with van der Waals surface area (Å²) in [6, 6.07) is 11.9. The Morgan fingerprint density at radius 1 is 0.971 bits per heavy atom.